The number of carbonyl (C=O) groups excluding carboxylic acids is 1. The Bertz CT molecular complexity index is 403. The number of amides is 1. The van der Waals surface area contributed by atoms with Crippen LogP contribution in [0.15, 0.2) is 12.3 Å². The Labute approximate surface area is 107 Å². The predicted molar refractivity (Wildman–Crippen MR) is 69.4 cm³/mol. The first-order valence-electron chi connectivity index (χ1n) is 6.10. The molecule has 0 unspecified atom stereocenters. The molecule has 0 fully saturated rings. The molecular formula is C13H20N2O3. The summed E-state index contributed by atoms with van der Waals surface area (Å²) in [4.78, 5) is 16.0. The number of carbonyl (C=O) groups is 1. The maximum Gasteiger partial charge on any atom is 0.237 e. The molecule has 5 heteroatoms. The first-order valence-corrected chi connectivity index (χ1v) is 6.10. The molecule has 5 nitrogen and oxygen atoms in total. The van der Waals surface area contributed by atoms with Gasteiger partial charge in [0.05, 0.1) is 13.7 Å². The summed E-state index contributed by atoms with van der Waals surface area (Å²) in [5.41, 5.74) is 1.14. The molecule has 1 aromatic rings. The highest BCUT2D eigenvalue weighted by molar-refractivity contribution is 5.93. The van der Waals surface area contributed by atoms with Crippen LogP contribution in [-0.2, 0) is 11.4 Å². The highest BCUT2D eigenvalue weighted by Crippen LogP contribution is 2.23. The molecule has 1 amide bonds. The van der Waals surface area contributed by atoms with Crippen molar-refractivity contribution in [3.63, 3.8) is 0 Å². The van der Waals surface area contributed by atoms with Crippen LogP contribution in [0.1, 0.15) is 32.3 Å². The van der Waals surface area contributed by atoms with Gasteiger partial charge in [-0.25, -0.2) is 4.98 Å². The molecule has 0 saturated heterocycles. The Morgan fingerprint density at radius 2 is 2.17 bits per heavy atom. The van der Waals surface area contributed by atoms with E-state index in [0.29, 0.717) is 17.1 Å². The minimum Gasteiger partial charge on any atom is -0.480 e. The number of anilines is 1. The third-order valence-electron chi connectivity index (χ3n) is 2.90. The third-order valence-corrected chi connectivity index (χ3v) is 2.90. The quantitative estimate of drug-likeness (QED) is 0.811. The lowest BCUT2D eigenvalue weighted by Gasteiger charge is -2.14. The summed E-state index contributed by atoms with van der Waals surface area (Å²) >= 11 is 0. The molecule has 0 radical (unpaired) electrons. The Hall–Kier alpha value is -1.62. The van der Waals surface area contributed by atoms with E-state index in [1.54, 1.807) is 6.07 Å². The summed E-state index contributed by atoms with van der Waals surface area (Å²) in [6.07, 6.45) is 3.10. The maximum absolute atomic E-state index is 12.0. The molecule has 0 spiro atoms. The van der Waals surface area contributed by atoms with Crippen molar-refractivity contribution in [1.82, 2.24) is 4.98 Å². The van der Waals surface area contributed by atoms with Gasteiger partial charge < -0.3 is 15.2 Å². The third kappa shape index (κ3) is 3.43. The van der Waals surface area contributed by atoms with Gasteiger partial charge in [-0.15, -0.1) is 0 Å². The predicted octanol–water partition coefficient (Wildman–Crippen LogP) is 1.96. The monoisotopic (exact) mass is 252 g/mol. The van der Waals surface area contributed by atoms with E-state index in [1.165, 1.54) is 13.3 Å². The Balaban J connectivity index is 2.91. The van der Waals surface area contributed by atoms with E-state index in [9.17, 15) is 4.79 Å². The molecular weight excluding hydrogens is 232 g/mol. The average molecular weight is 252 g/mol. The van der Waals surface area contributed by atoms with Gasteiger partial charge in [-0.1, -0.05) is 13.8 Å². The largest absolute Gasteiger partial charge is 0.480 e. The second-order valence-corrected chi connectivity index (χ2v) is 4.06. The van der Waals surface area contributed by atoms with Crippen LogP contribution in [0.5, 0.6) is 5.88 Å². The lowest BCUT2D eigenvalue weighted by molar-refractivity contribution is -0.120. The molecule has 0 aliphatic carbocycles. The van der Waals surface area contributed by atoms with Gasteiger partial charge in [0.1, 0.15) is 5.69 Å². The Morgan fingerprint density at radius 1 is 1.50 bits per heavy atom. The van der Waals surface area contributed by atoms with Crippen LogP contribution in [0.3, 0.4) is 0 Å². The van der Waals surface area contributed by atoms with Gasteiger partial charge in [0, 0.05) is 12.1 Å². The summed E-state index contributed by atoms with van der Waals surface area (Å²) in [5.74, 6) is 0.286. The fourth-order valence-corrected chi connectivity index (χ4v) is 1.73. The first kappa shape index (κ1) is 14.4. The number of nitrogens with zero attached hydrogens (tertiary/aromatic N) is 1. The van der Waals surface area contributed by atoms with Crippen LogP contribution in [-0.4, -0.2) is 23.1 Å². The van der Waals surface area contributed by atoms with Gasteiger partial charge in [-0.05, 0) is 24.5 Å². The Kier molecular flexibility index (Phi) is 5.58. The van der Waals surface area contributed by atoms with Crippen LogP contribution in [0.25, 0.3) is 0 Å². The maximum atomic E-state index is 12.0. The summed E-state index contributed by atoms with van der Waals surface area (Å²) in [7, 11) is 1.49. The van der Waals surface area contributed by atoms with Gasteiger partial charge in [-0.3, -0.25) is 4.79 Å². The summed E-state index contributed by atoms with van der Waals surface area (Å²) in [6.45, 7) is 3.84. The Morgan fingerprint density at radius 3 is 2.67 bits per heavy atom. The number of methoxy groups -OCH3 is 1. The minimum absolute atomic E-state index is 0.0208. The van der Waals surface area contributed by atoms with E-state index < -0.39 is 0 Å². The minimum atomic E-state index is -0.120. The highest BCUT2D eigenvalue weighted by atomic mass is 16.5. The van der Waals surface area contributed by atoms with Crippen molar-refractivity contribution in [3.8, 4) is 5.88 Å². The van der Waals surface area contributed by atoms with Crippen LogP contribution in [0.4, 0.5) is 5.69 Å². The number of hydrogen-bond donors (Lipinski definition) is 2. The van der Waals surface area contributed by atoms with Crippen molar-refractivity contribution in [2.24, 2.45) is 5.92 Å². The van der Waals surface area contributed by atoms with Crippen molar-refractivity contribution in [3.05, 3.63) is 17.8 Å². The molecule has 18 heavy (non-hydrogen) atoms. The molecule has 100 valence electrons. The van der Waals surface area contributed by atoms with Gasteiger partial charge in [-0.2, -0.15) is 0 Å². The summed E-state index contributed by atoms with van der Waals surface area (Å²) in [6, 6.07) is 1.67. The number of hydrogen-bond acceptors (Lipinski definition) is 4. The second-order valence-electron chi connectivity index (χ2n) is 4.06. The molecule has 0 bridgehead atoms. The van der Waals surface area contributed by atoms with Crippen molar-refractivity contribution < 1.29 is 14.6 Å². The topological polar surface area (TPSA) is 71.5 Å². The lowest BCUT2D eigenvalue weighted by atomic mass is 10.0. The average Bonchev–Trinajstić information content (AvgIpc) is 2.40. The van der Waals surface area contributed by atoms with E-state index in [0.717, 1.165) is 12.8 Å². The van der Waals surface area contributed by atoms with Gasteiger partial charge in [0.15, 0.2) is 0 Å². The summed E-state index contributed by atoms with van der Waals surface area (Å²) < 4.78 is 5.09. The van der Waals surface area contributed by atoms with Gasteiger partial charge >= 0.3 is 0 Å². The van der Waals surface area contributed by atoms with E-state index >= 15 is 0 Å². The smallest absolute Gasteiger partial charge is 0.237 e. The molecule has 1 heterocycles. The number of nitrogens with one attached hydrogen (secondary N) is 1. The van der Waals surface area contributed by atoms with Crippen molar-refractivity contribution >= 4 is 11.6 Å². The molecule has 0 aliphatic heterocycles. The zero-order valence-corrected chi connectivity index (χ0v) is 11.1. The normalized spacial score (nSPS) is 10.5. The molecule has 0 aromatic carbocycles. The van der Waals surface area contributed by atoms with E-state index in [1.807, 2.05) is 13.8 Å². The molecule has 1 aromatic heterocycles. The SMILES string of the molecule is CCC(CC)C(=O)Nc1cc(CO)cnc1OC. The second kappa shape index (κ2) is 6.96. The zero-order valence-electron chi connectivity index (χ0n) is 11.1. The zero-order chi connectivity index (χ0) is 13.5. The molecule has 2 N–H and O–H groups in total. The van der Waals surface area contributed by atoms with E-state index in [4.69, 9.17) is 9.84 Å². The fraction of sp³-hybridized carbons (Fsp3) is 0.538. The molecule has 0 saturated carbocycles. The lowest BCUT2D eigenvalue weighted by Crippen LogP contribution is -2.22. The van der Waals surface area contributed by atoms with Crippen molar-refractivity contribution in [1.29, 1.82) is 0 Å². The summed E-state index contributed by atoms with van der Waals surface area (Å²) in [5, 5.41) is 11.9. The van der Waals surface area contributed by atoms with E-state index in [-0.39, 0.29) is 18.4 Å². The number of aliphatic hydroxyl groups excluding tert-OH is 1. The standard InChI is InChI=1S/C13H20N2O3/c1-4-10(5-2)12(17)15-11-6-9(8-16)7-14-13(11)18-3/h6-7,10,16H,4-5,8H2,1-3H3,(H,15,17). The van der Waals surface area contributed by atoms with Crippen molar-refractivity contribution in [2.45, 2.75) is 33.3 Å². The number of rotatable bonds is 6. The van der Waals surface area contributed by atoms with Gasteiger partial charge in [0.25, 0.3) is 0 Å². The number of aromatic nitrogens is 1. The van der Waals surface area contributed by atoms with E-state index in [2.05, 4.69) is 10.3 Å². The number of aliphatic hydroxyl groups is 1. The van der Waals surface area contributed by atoms with Crippen molar-refractivity contribution in [2.75, 3.05) is 12.4 Å². The number of pyridine rings is 1. The van der Waals surface area contributed by atoms with Gasteiger partial charge in [0.2, 0.25) is 11.8 Å². The number of ether oxygens (including phenoxy) is 1. The fourth-order valence-electron chi connectivity index (χ4n) is 1.73. The van der Waals surface area contributed by atoms with Crippen LogP contribution in [0, 0.1) is 5.92 Å². The molecule has 0 aliphatic rings. The van der Waals surface area contributed by atoms with Crippen LogP contribution >= 0.6 is 0 Å². The first-order chi connectivity index (χ1) is 8.65. The molecule has 1 rings (SSSR count). The highest BCUT2D eigenvalue weighted by Gasteiger charge is 2.16. The van der Waals surface area contributed by atoms with Crippen LogP contribution in [0.2, 0.25) is 0 Å². The molecule has 0 atom stereocenters. The van der Waals surface area contributed by atoms with Crippen LogP contribution < -0.4 is 10.1 Å².